The monoisotopic (exact) mass is 405 g/mol. The van der Waals surface area contributed by atoms with Gasteiger partial charge < -0.3 is 15.4 Å². The molecular formula is C17H16BrN3O4. The number of nitrogens with one attached hydrogen (secondary N) is 2. The van der Waals surface area contributed by atoms with Gasteiger partial charge in [-0.2, -0.15) is 0 Å². The van der Waals surface area contributed by atoms with Crippen molar-refractivity contribution in [3.8, 4) is 5.75 Å². The summed E-state index contributed by atoms with van der Waals surface area (Å²) < 4.78 is 6.51. The molecule has 0 radical (unpaired) electrons. The first-order chi connectivity index (χ1) is 12.0. The molecule has 0 aromatic heterocycles. The number of fused-ring (bicyclic) bond motifs is 1. The van der Waals surface area contributed by atoms with E-state index in [0.29, 0.717) is 18.7 Å². The molecule has 1 amide bonds. The number of carbonyl (C=O) groups excluding carboxylic acids is 1. The third-order valence-electron chi connectivity index (χ3n) is 4.04. The van der Waals surface area contributed by atoms with Gasteiger partial charge in [0.1, 0.15) is 5.75 Å². The molecule has 25 heavy (non-hydrogen) atoms. The SMILES string of the molecule is CNc1ccc([N+](=O)[O-])cc1C(=O)NC1CCOc2ccc(Br)cc21. The highest BCUT2D eigenvalue weighted by Crippen LogP contribution is 2.34. The van der Waals surface area contributed by atoms with Crippen molar-refractivity contribution in [2.45, 2.75) is 12.5 Å². The molecule has 1 heterocycles. The molecule has 0 saturated carbocycles. The lowest BCUT2D eigenvalue weighted by molar-refractivity contribution is -0.384. The first-order valence-electron chi connectivity index (χ1n) is 7.69. The number of nitro groups is 1. The lowest BCUT2D eigenvalue weighted by Gasteiger charge is -2.27. The number of anilines is 1. The standard InChI is InChI=1S/C17H16BrN3O4/c1-19-14-4-3-11(21(23)24)9-13(14)17(22)20-15-6-7-25-16-5-2-10(18)8-12(15)16/h2-5,8-9,15,19H,6-7H2,1H3,(H,20,22). The van der Waals surface area contributed by atoms with Crippen LogP contribution in [0, 0.1) is 10.1 Å². The fraction of sp³-hybridized carbons (Fsp3) is 0.235. The van der Waals surface area contributed by atoms with Gasteiger partial charge in [0.15, 0.2) is 0 Å². The molecule has 1 aliphatic rings. The van der Waals surface area contributed by atoms with Crippen LogP contribution in [0.25, 0.3) is 0 Å². The van der Waals surface area contributed by atoms with Crippen LogP contribution in [0.4, 0.5) is 11.4 Å². The van der Waals surface area contributed by atoms with Crippen molar-refractivity contribution in [3.63, 3.8) is 0 Å². The Morgan fingerprint density at radius 3 is 2.84 bits per heavy atom. The molecule has 7 nitrogen and oxygen atoms in total. The van der Waals surface area contributed by atoms with E-state index in [-0.39, 0.29) is 23.2 Å². The fourth-order valence-electron chi connectivity index (χ4n) is 2.80. The largest absolute Gasteiger partial charge is 0.493 e. The molecule has 0 fully saturated rings. The second kappa shape index (κ2) is 7.10. The van der Waals surface area contributed by atoms with Gasteiger partial charge in [0, 0.05) is 41.3 Å². The number of ether oxygens (including phenoxy) is 1. The molecule has 130 valence electrons. The molecular weight excluding hydrogens is 390 g/mol. The van der Waals surface area contributed by atoms with Crippen molar-refractivity contribution in [1.29, 1.82) is 0 Å². The first kappa shape index (κ1) is 17.2. The van der Waals surface area contributed by atoms with Crippen LogP contribution >= 0.6 is 15.9 Å². The number of hydrogen-bond acceptors (Lipinski definition) is 5. The predicted octanol–water partition coefficient (Wildman–Crippen LogP) is 3.65. The van der Waals surface area contributed by atoms with E-state index in [1.165, 1.54) is 18.2 Å². The molecule has 2 aromatic carbocycles. The van der Waals surface area contributed by atoms with Crippen LogP contribution in [0.1, 0.15) is 28.4 Å². The summed E-state index contributed by atoms with van der Waals surface area (Å²) in [6, 6.07) is 9.59. The lowest BCUT2D eigenvalue weighted by atomic mass is 10.00. The number of hydrogen-bond donors (Lipinski definition) is 2. The average molecular weight is 406 g/mol. The number of carbonyl (C=O) groups is 1. The number of nitrogens with zero attached hydrogens (tertiary/aromatic N) is 1. The van der Waals surface area contributed by atoms with Crippen LogP contribution in [0.15, 0.2) is 40.9 Å². The van der Waals surface area contributed by atoms with Crippen LogP contribution in [0.3, 0.4) is 0 Å². The van der Waals surface area contributed by atoms with E-state index in [9.17, 15) is 14.9 Å². The molecule has 3 rings (SSSR count). The lowest BCUT2D eigenvalue weighted by Crippen LogP contribution is -2.32. The Balaban J connectivity index is 1.90. The van der Waals surface area contributed by atoms with Crippen LogP contribution in [0.5, 0.6) is 5.75 Å². The Kier molecular flexibility index (Phi) is 4.89. The van der Waals surface area contributed by atoms with Gasteiger partial charge in [0.05, 0.1) is 23.1 Å². The third-order valence-corrected chi connectivity index (χ3v) is 4.54. The molecule has 8 heteroatoms. The van der Waals surface area contributed by atoms with Gasteiger partial charge in [0.2, 0.25) is 0 Å². The van der Waals surface area contributed by atoms with Crippen LogP contribution in [-0.2, 0) is 0 Å². The summed E-state index contributed by atoms with van der Waals surface area (Å²) in [5.74, 6) is 0.360. The molecule has 2 aromatic rings. The van der Waals surface area contributed by atoms with Crippen molar-refractivity contribution in [1.82, 2.24) is 5.32 Å². The maximum Gasteiger partial charge on any atom is 0.270 e. The second-order valence-electron chi connectivity index (χ2n) is 5.58. The molecule has 1 aliphatic heterocycles. The molecule has 0 aliphatic carbocycles. The highest BCUT2D eigenvalue weighted by Gasteiger charge is 2.25. The summed E-state index contributed by atoms with van der Waals surface area (Å²) in [5.41, 5.74) is 1.52. The smallest absolute Gasteiger partial charge is 0.270 e. The summed E-state index contributed by atoms with van der Waals surface area (Å²) >= 11 is 3.42. The Hall–Kier alpha value is -2.61. The average Bonchev–Trinajstić information content (AvgIpc) is 2.61. The van der Waals surface area contributed by atoms with E-state index in [1.54, 1.807) is 7.05 Å². The van der Waals surface area contributed by atoms with Gasteiger partial charge in [-0.3, -0.25) is 14.9 Å². The summed E-state index contributed by atoms with van der Waals surface area (Å²) in [5, 5.41) is 16.8. The van der Waals surface area contributed by atoms with Crippen LogP contribution in [0.2, 0.25) is 0 Å². The van der Waals surface area contributed by atoms with E-state index in [0.717, 1.165) is 15.8 Å². The molecule has 1 unspecified atom stereocenters. The first-order valence-corrected chi connectivity index (χ1v) is 8.48. The number of halogens is 1. The van der Waals surface area contributed by atoms with E-state index in [4.69, 9.17) is 4.74 Å². The number of amides is 1. The van der Waals surface area contributed by atoms with Crippen molar-refractivity contribution in [2.24, 2.45) is 0 Å². The minimum absolute atomic E-state index is 0.126. The summed E-state index contributed by atoms with van der Waals surface area (Å²) in [7, 11) is 1.67. The molecule has 0 saturated heterocycles. The number of nitro benzene ring substituents is 1. The summed E-state index contributed by atoms with van der Waals surface area (Å²) in [4.78, 5) is 23.2. The quantitative estimate of drug-likeness (QED) is 0.597. The zero-order chi connectivity index (χ0) is 18.0. The Morgan fingerprint density at radius 2 is 2.12 bits per heavy atom. The van der Waals surface area contributed by atoms with E-state index < -0.39 is 4.92 Å². The predicted molar refractivity (Wildman–Crippen MR) is 97.1 cm³/mol. The fourth-order valence-corrected chi connectivity index (χ4v) is 3.18. The maximum absolute atomic E-state index is 12.7. The van der Waals surface area contributed by atoms with Gasteiger partial charge in [-0.15, -0.1) is 0 Å². The van der Waals surface area contributed by atoms with Gasteiger partial charge in [-0.25, -0.2) is 0 Å². The maximum atomic E-state index is 12.7. The zero-order valence-electron chi connectivity index (χ0n) is 13.4. The Labute approximate surface area is 152 Å². The Bertz CT molecular complexity index is 841. The van der Waals surface area contributed by atoms with E-state index >= 15 is 0 Å². The molecule has 0 spiro atoms. The summed E-state index contributed by atoms with van der Waals surface area (Å²) in [6.45, 7) is 0.493. The van der Waals surface area contributed by atoms with Crippen molar-refractivity contribution in [3.05, 3.63) is 62.1 Å². The second-order valence-corrected chi connectivity index (χ2v) is 6.50. The number of benzene rings is 2. The normalized spacial score (nSPS) is 15.7. The molecule has 1 atom stereocenters. The van der Waals surface area contributed by atoms with Gasteiger partial charge in [-0.05, 0) is 24.3 Å². The van der Waals surface area contributed by atoms with Crippen molar-refractivity contribution < 1.29 is 14.5 Å². The van der Waals surface area contributed by atoms with Crippen LogP contribution in [-0.4, -0.2) is 24.5 Å². The van der Waals surface area contributed by atoms with Crippen molar-refractivity contribution >= 4 is 33.2 Å². The minimum Gasteiger partial charge on any atom is -0.493 e. The van der Waals surface area contributed by atoms with Crippen LogP contribution < -0.4 is 15.4 Å². The summed E-state index contributed by atoms with van der Waals surface area (Å²) in [6.07, 6.45) is 0.624. The third kappa shape index (κ3) is 3.58. The van der Waals surface area contributed by atoms with Gasteiger partial charge >= 0.3 is 0 Å². The topological polar surface area (TPSA) is 93.5 Å². The Morgan fingerprint density at radius 1 is 1.32 bits per heavy atom. The molecule has 2 N–H and O–H groups in total. The number of rotatable bonds is 4. The number of non-ortho nitro benzene ring substituents is 1. The highest BCUT2D eigenvalue weighted by atomic mass is 79.9. The van der Waals surface area contributed by atoms with Crippen molar-refractivity contribution in [2.75, 3.05) is 19.0 Å². The highest BCUT2D eigenvalue weighted by molar-refractivity contribution is 9.10. The van der Waals surface area contributed by atoms with Gasteiger partial charge in [-0.1, -0.05) is 15.9 Å². The van der Waals surface area contributed by atoms with E-state index in [1.807, 2.05) is 18.2 Å². The minimum atomic E-state index is -0.517. The zero-order valence-corrected chi connectivity index (χ0v) is 15.0. The van der Waals surface area contributed by atoms with Gasteiger partial charge in [0.25, 0.3) is 11.6 Å². The van der Waals surface area contributed by atoms with E-state index in [2.05, 4.69) is 26.6 Å². The molecule has 0 bridgehead atoms.